The van der Waals surface area contributed by atoms with Crippen LogP contribution >= 0.6 is 0 Å². The topological polar surface area (TPSA) is 83.4 Å². The molecule has 6 heteroatoms. The highest BCUT2D eigenvalue weighted by atomic mass is 16.7. The van der Waals surface area contributed by atoms with Gasteiger partial charge in [0.25, 0.3) is 0 Å². The van der Waals surface area contributed by atoms with Crippen molar-refractivity contribution in [2.45, 2.75) is 45.7 Å². The fourth-order valence-corrected chi connectivity index (χ4v) is 2.32. The lowest BCUT2D eigenvalue weighted by Crippen LogP contribution is -2.53. The van der Waals surface area contributed by atoms with Crippen molar-refractivity contribution in [2.75, 3.05) is 13.3 Å². The van der Waals surface area contributed by atoms with E-state index >= 15 is 0 Å². The van der Waals surface area contributed by atoms with E-state index in [1.165, 1.54) is 0 Å². The number of carbonyl (C=O) groups excluding carboxylic acids is 1. The van der Waals surface area contributed by atoms with Gasteiger partial charge in [-0.05, 0) is 44.4 Å². The molecule has 1 aliphatic heterocycles. The Labute approximate surface area is 143 Å². The van der Waals surface area contributed by atoms with Crippen LogP contribution in [0, 0.1) is 17.2 Å². The number of nitriles is 1. The summed E-state index contributed by atoms with van der Waals surface area (Å²) >= 11 is 0. The van der Waals surface area contributed by atoms with Crippen LogP contribution in [0.3, 0.4) is 0 Å². The maximum Gasteiger partial charge on any atom is 0.235 e. The predicted molar refractivity (Wildman–Crippen MR) is 90.6 cm³/mol. The molecule has 1 aliphatic rings. The minimum Gasteiger partial charge on any atom is -0.454 e. The largest absolute Gasteiger partial charge is 0.454 e. The van der Waals surface area contributed by atoms with Crippen molar-refractivity contribution in [3.63, 3.8) is 0 Å². The number of rotatable bonds is 6. The van der Waals surface area contributed by atoms with Crippen LogP contribution in [-0.2, 0) is 10.3 Å². The third kappa shape index (κ3) is 3.80. The lowest BCUT2D eigenvalue weighted by Gasteiger charge is -2.30. The Morgan fingerprint density at radius 1 is 1.29 bits per heavy atom. The molecular weight excluding hydrogens is 306 g/mol. The summed E-state index contributed by atoms with van der Waals surface area (Å²) in [5.41, 5.74) is -0.313. The van der Waals surface area contributed by atoms with E-state index in [9.17, 15) is 10.1 Å². The summed E-state index contributed by atoms with van der Waals surface area (Å²) in [7, 11) is 0. The third-order valence-electron chi connectivity index (χ3n) is 4.57. The van der Waals surface area contributed by atoms with E-state index < -0.39 is 11.1 Å². The number of hydrogen-bond acceptors (Lipinski definition) is 5. The van der Waals surface area contributed by atoms with Gasteiger partial charge in [-0.3, -0.25) is 10.1 Å². The summed E-state index contributed by atoms with van der Waals surface area (Å²) in [6, 6.07) is 7.91. The van der Waals surface area contributed by atoms with Gasteiger partial charge < -0.3 is 14.8 Å². The molecule has 1 heterocycles. The minimum atomic E-state index is -0.873. The maximum atomic E-state index is 12.2. The van der Waals surface area contributed by atoms with Crippen molar-refractivity contribution in [1.29, 1.82) is 5.26 Å². The van der Waals surface area contributed by atoms with Gasteiger partial charge in [-0.1, -0.05) is 19.9 Å². The number of carbonyl (C=O) groups is 1. The minimum absolute atomic E-state index is 0.0216. The number of fused-ring (bicyclic) bond motifs is 1. The zero-order valence-corrected chi connectivity index (χ0v) is 14.9. The van der Waals surface area contributed by atoms with Gasteiger partial charge in [0.05, 0.1) is 12.6 Å². The summed E-state index contributed by atoms with van der Waals surface area (Å²) in [4.78, 5) is 12.2. The third-order valence-corrected chi connectivity index (χ3v) is 4.57. The smallest absolute Gasteiger partial charge is 0.235 e. The summed E-state index contributed by atoms with van der Waals surface area (Å²) in [5, 5.41) is 15.3. The van der Waals surface area contributed by atoms with E-state index in [0.717, 1.165) is 11.3 Å². The standard InChI is InChI=1S/C18H25N3O3/c1-12(2)18(5,10-19)21-16(22)9-20-17(3,4)13-6-7-14-15(8-13)24-11-23-14/h6-8,12,20H,9,11H2,1-5H3,(H,21,22)/t18-/m1/s1. The van der Waals surface area contributed by atoms with Crippen LogP contribution in [-0.4, -0.2) is 24.8 Å². The van der Waals surface area contributed by atoms with E-state index in [0.29, 0.717) is 5.75 Å². The molecule has 0 saturated heterocycles. The number of amides is 1. The number of hydrogen-bond donors (Lipinski definition) is 2. The molecule has 0 aliphatic carbocycles. The summed E-state index contributed by atoms with van der Waals surface area (Å²) in [6.45, 7) is 9.88. The van der Waals surface area contributed by atoms with Gasteiger partial charge >= 0.3 is 0 Å². The molecule has 1 amide bonds. The monoisotopic (exact) mass is 331 g/mol. The van der Waals surface area contributed by atoms with Gasteiger partial charge in [-0.15, -0.1) is 0 Å². The molecule has 0 spiro atoms. The number of nitrogens with one attached hydrogen (secondary N) is 2. The second-order valence-electron chi connectivity index (χ2n) is 7.06. The van der Waals surface area contributed by atoms with Gasteiger partial charge in [-0.25, -0.2) is 0 Å². The molecule has 1 atom stereocenters. The van der Waals surface area contributed by atoms with E-state index in [1.807, 2.05) is 45.9 Å². The molecule has 0 saturated carbocycles. The quantitative estimate of drug-likeness (QED) is 0.835. The lowest BCUT2D eigenvalue weighted by atomic mass is 9.90. The molecule has 1 aromatic carbocycles. The highest BCUT2D eigenvalue weighted by Crippen LogP contribution is 2.35. The first-order valence-electron chi connectivity index (χ1n) is 8.05. The van der Waals surface area contributed by atoms with Gasteiger partial charge in [0.1, 0.15) is 5.54 Å². The van der Waals surface area contributed by atoms with Crippen molar-refractivity contribution >= 4 is 5.91 Å². The Morgan fingerprint density at radius 3 is 2.58 bits per heavy atom. The molecule has 6 nitrogen and oxygen atoms in total. The van der Waals surface area contributed by atoms with Crippen LogP contribution in [0.25, 0.3) is 0 Å². The first-order valence-corrected chi connectivity index (χ1v) is 8.05. The van der Waals surface area contributed by atoms with Crippen molar-refractivity contribution in [2.24, 2.45) is 5.92 Å². The maximum absolute atomic E-state index is 12.2. The van der Waals surface area contributed by atoms with E-state index in [-0.39, 0.29) is 25.2 Å². The summed E-state index contributed by atoms with van der Waals surface area (Å²) in [5.74, 6) is 1.26. The second kappa shape index (κ2) is 6.70. The molecule has 130 valence electrons. The summed E-state index contributed by atoms with van der Waals surface area (Å²) in [6.07, 6.45) is 0. The van der Waals surface area contributed by atoms with Gasteiger partial charge in [0.15, 0.2) is 11.5 Å². The number of nitrogens with zero attached hydrogens (tertiary/aromatic N) is 1. The van der Waals surface area contributed by atoms with Crippen molar-refractivity contribution in [3.05, 3.63) is 23.8 Å². The molecular formula is C18H25N3O3. The SMILES string of the molecule is CC(C)[C@@](C)(C#N)NC(=O)CNC(C)(C)c1ccc2c(c1)OCO2. The molecule has 2 N–H and O–H groups in total. The predicted octanol–water partition coefficient (Wildman–Crippen LogP) is 2.29. The molecule has 0 bridgehead atoms. The van der Waals surface area contributed by atoms with E-state index in [1.54, 1.807) is 6.92 Å². The Morgan fingerprint density at radius 2 is 1.96 bits per heavy atom. The first kappa shape index (κ1) is 18.1. The summed E-state index contributed by atoms with van der Waals surface area (Å²) < 4.78 is 10.7. The van der Waals surface area contributed by atoms with Crippen molar-refractivity contribution < 1.29 is 14.3 Å². The molecule has 0 fully saturated rings. The normalized spacial score (nSPS) is 15.7. The average molecular weight is 331 g/mol. The molecule has 0 radical (unpaired) electrons. The molecule has 2 rings (SSSR count). The van der Waals surface area contributed by atoms with Crippen LogP contribution in [0.2, 0.25) is 0 Å². The molecule has 1 aromatic rings. The van der Waals surface area contributed by atoms with E-state index in [2.05, 4.69) is 16.7 Å². The average Bonchev–Trinajstić information content (AvgIpc) is 3.00. The van der Waals surface area contributed by atoms with Gasteiger partial charge in [0, 0.05) is 5.54 Å². The zero-order valence-electron chi connectivity index (χ0n) is 14.9. The Kier molecular flexibility index (Phi) is 5.05. The molecule has 0 unspecified atom stereocenters. The highest BCUT2D eigenvalue weighted by Gasteiger charge is 2.31. The second-order valence-corrected chi connectivity index (χ2v) is 7.06. The Bertz CT molecular complexity index is 664. The van der Waals surface area contributed by atoms with Gasteiger partial charge in [-0.2, -0.15) is 5.26 Å². The Hall–Kier alpha value is -2.26. The fraction of sp³-hybridized carbons (Fsp3) is 0.556. The van der Waals surface area contributed by atoms with Crippen molar-refractivity contribution in [3.8, 4) is 17.6 Å². The molecule has 0 aromatic heterocycles. The highest BCUT2D eigenvalue weighted by molar-refractivity contribution is 5.79. The fourth-order valence-electron chi connectivity index (χ4n) is 2.32. The van der Waals surface area contributed by atoms with Crippen LogP contribution in [0.4, 0.5) is 0 Å². The first-order chi connectivity index (χ1) is 11.2. The van der Waals surface area contributed by atoms with Crippen molar-refractivity contribution in [1.82, 2.24) is 10.6 Å². The number of benzene rings is 1. The Balaban J connectivity index is 2.00. The lowest BCUT2D eigenvalue weighted by molar-refractivity contribution is -0.122. The van der Waals surface area contributed by atoms with Crippen LogP contribution in [0.15, 0.2) is 18.2 Å². The number of ether oxygens (including phenoxy) is 2. The van der Waals surface area contributed by atoms with Crippen LogP contribution in [0.1, 0.15) is 40.2 Å². The van der Waals surface area contributed by atoms with Crippen LogP contribution in [0.5, 0.6) is 11.5 Å². The van der Waals surface area contributed by atoms with E-state index in [4.69, 9.17) is 9.47 Å². The zero-order chi connectivity index (χ0) is 18.0. The molecule has 24 heavy (non-hydrogen) atoms. The van der Waals surface area contributed by atoms with Crippen LogP contribution < -0.4 is 20.1 Å². The van der Waals surface area contributed by atoms with Gasteiger partial charge in [0.2, 0.25) is 12.7 Å².